The van der Waals surface area contributed by atoms with Gasteiger partial charge in [0.25, 0.3) is 0 Å². The summed E-state index contributed by atoms with van der Waals surface area (Å²) in [6.45, 7) is 3.99. The molecule has 0 fully saturated rings. The van der Waals surface area contributed by atoms with Gasteiger partial charge in [-0.25, -0.2) is 0 Å². The normalized spacial score (nSPS) is 12.5. The van der Waals surface area contributed by atoms with Crippen LogP contribution in [-0.2, 0) is 4.79 Å². The Labute approximate surface area is 86.4 Å². The van der Waals surface area contributed by atoms with Gasteiger partial charge in [0.1, 0.15) is 5.01 Å². The third-order valence-electron chi connectivity index (χ3n) is 1.81. The summed E-state index contributed by atoms with van der Waals surface area (Å²) in [7, 11) is 1.82. The van der Waals surface area contributed by atoms with Gasteiger partial charge in [-0.05, 0) is 6.92 Å². The maximum Gasteiger partial charge on any atom is 0.308 e. The molecule has 1 aromatic heterocycles. The Bertz CT molecular complexity index is 326. The summed E-state index contributed by atoms with van der Waals surface area (Å²) in [4.78, 5) is 12.4. The van der Waals surface area contributed by atoms with Crippen molar-refractivity contribution in [1.82, 2.24) is 10.2 Å². The van der Waals surface area contributed by atoms with Crippen LogP contribution in [0, 0.1) is 12.8 Å². The van der Waals surface area contributed by atoms with Gasteiger partial charge in [-0.1, -0.05) is 18.3 Å². The molecule has 1 atom stereocenters. The topological polar surface area (TPSA) is 66.3 Å². The van der Waals surface area contributed by atoms with Crippen LogP contribution in [-0.4, -0.2) is 34.9 Å². The van der Waals surface area contributed by atoms with Gasteiger partial charge in [-0.2, -0.15) is 0 Å². The zero-order chi connectivity index (χ0) is 10.7. The molecule has 0 aliphatic rings. The zero-order valence-electron chi connectivity index (χ0n) is 8.39. The molecule has 0 aliphatic carbocycles. The molecule has 0 radical (unpaired) electrons. The lowest BCUT2D eigenvalue weighted by Gasteiger charge is -2.17. The number of rotatable bonds is 4. The summed E-state index contributed by atoms with van der Waals surface area (Å²) in [6.07, 6.45) is 0. The van der Waals surface area contributed by atoms with E-state index in [4.69, 9.17) is 5.11 Å². The molecule has 0 bridgehead atoms. The van der Waals surface area contributed by atoms with E-state index in [-0.39, 0.29) is 0 Å². The van der Waals surface area contributed by atoms with Crippen molar-refractivity contribution in [2.75, 3.05) is 18.5 Å². The fourth-order valence-electron chi connectivity index (χ4n) is 1.01. The molecule has 1 unspecified atom stereocenters. The first-order chi connectivity index (χ1) is 6.50. The van der Waals surface area contributed by atoms with Crippen LogP contribution in [0.1, 0.15) is 11.9 Å². The first-order valence-electron chi connectivity index (χ1n) is 4.24. The fraction of sp³-hybridized carbons (Fsp3) is 0.625. The number of carbonyl (C=O) groups is 1. The summed E-state index contributed by atoms with van der Waals surface area (Å²) < 4.78 is 0. The Hall–Kier alpha value is -1.17. The molecule has 5 nitrogen and oxygen atoms in total. The maximum atomic E-state index is 10.6. The van der Waals surface area contributed by atoms with E-state index in [0.29, 0.717) is 6.54 Å². The van der Waals surface area contributed by atoms with Gasteiger partial charge >= 0.3 is 5.97 Å². The number of aromatic nitrogens is 2. The van der Waals surface area contributed by atoms with E-state index in [1.54, 1.807) is 6.92 Å². The highest BCUT2D eigenvalue weighted by molar-refractivity contribution is 7.15. The zero-order valence-corrected chi connectivity index (χ0v) is 9.21. The number of nitrogens with zero attached hydrogens (tertiary/aromatic N) is 3. The van der Waals surface area contributed by atoms with Crippen LogP contribution >= 0.6 is 11.3 Å². The van der Waals surface area contributed by atoms with Crippen LogP contribution in [0.5, 0.6) is 0 Å². The van der Waals surface area contributed by atoms with Crippen molar-refractivity contribution in [2.24, 2.45) is 5.92 Å². The minimum atomic E-state index is -0.793. The summed E-state index contributed by atoms with van der Waals surface area (Å²) in [6, 6.07) is 0. The minimum Gasteiger partial charge on any atom is -0.481 e. The molecular weight excluding hydrogens is 202 g/mol. The summed E-state index contributed by atoms with van der Waals surface area (Å²) in [5, 5.41) is 18.2. The quantitative estimate of drug-likeness (QED) is 0.811. The van der Waals surface area contributed by atoms with Crippen LogP contribution in [0.2, 0.25) is 0 Å². The largest absolute Gasteiger partial charge is 0.481 e. The first kappa shape index (κ1) is 10.9. The lowest BCUT2D eigenvalue weighted by molar-refractivity contribution is -0.140. The SMILES string of the molecule is Cc1nnc(N(C)CC(C)C(=O)O)s1. The van der Waals surface area contributed by atoms with E-state index in [2.05, 4.69) is 10.2 Å². The molecule has 0 amide bonds. The molecule has 0 saturated carbocycles. The number of hydrogen-bond acceptors (Lipinski definition) is 5. The second-order valence-corrected chi connectivity index (χ2v) is 4.38. The average Bonchev–Trinajstić information content (AvgIpc) is 2.51. The van der Waals surface area contributed by atoms with Crippen LogP contribution in [0.15, 0.2) is 0 Å². The standard InChI is InChI=1S/C8H13N3O2S/c1-5(7(12)13)4-11(3)8-10-9-6(2)14-8/h5H,4H2,1-3H3,(H,12,13). The van der Waals surface area contributed by atoms with E-state index in [1.807, 2.05) is 18.9 Å². The van der Waals surface area contributed by atoms with Gasteiger partial charge < -0.3 is 10.0 Å². The molecule has 0 aromatic carbocycles. The van der Waals surface area contributed by atoms with Crippen molar-refractivity contribution in [1.29, 1.82) is 0 Å². The lowest BCUT2D eigenvalue weighted by atomic mass is 10.2. The molecule has 1 rings (SSSR count). The van der Waals surface area contributed by atoms with Crippen molar-refractivity contribution in [3.63, 3.8) is 0 Å². The number of aryl methyl sites for hydroxylation is 1. The van der Waals surface area contributed by atoms with Gasteiger partial charge in [0.05, 0.1) is 5.92 Å². The Kier molecular flexibility index (Phi) is 3.40. The minimum absolute atomic E-state index is 0.399. The Balaban J connectivity index is 2.58. The van der Waals surface area contributed by atoms with Gasteiger partial charge in [-0.15, -0.1) is 10.2 Å². The highest BCUT2D eigenvalue weighted by Gasteiger charge is 2.15. The molecule has 1 N–H and O–H groups in total. The third kappa shape index (κ3) is 2.66. The smallest absolute Gasteiger partial charge is 0.308 e. The predicted octanol–water partition coefficient (Wildman–Crippen LogP) is 1.00. The fourth-order valence-corrected chi connectivity index (χ4v) is 1.67. The molecule has 0 aliphatic heterocycles. The van der Waals surface area contributed by atoms with Gasteiger partial charge in [0.2, 0.25) is 5.13 Å². The monoisotopic (exact) mass is 215 g/mol. The molecule has 14 heavy (non-hydrogen) atoms. The van der Waals surface area contributed by atoms with E-state index in [9.17, 15) is 4.79 Å². The second-order valence-electron chi connectivity index (χ2n) is 3.22. The van der Waals surface area contributed by atoms with Crippen molar-refractivity contribution in [3.8, 4) is 0 Å². The molecule has 1 aromatic rings. The molecule has 78 valence electrons. The molecule has 0 saturated heterocycles. The number of carboxylic acids is 1. The maximum absolute atomic E-state index is 10.6. The van der Waals surface area contributed by atoms with Crippen molar-refractivity contribution >= 4 is 22.4 Å². The van der Waals surface area contributed by atoms with Crippen molar-refractivity contribution in [3.05, 3.63) is 5.01 Å². The number of carboxylic acid groups (broad SMARTS) is 1. The summed E-state index contributed by atoms with van der Waals surface area (Å²) in [5.41, 5.74) is 0. The molecule has 1 heterocycles. The van der Waals surface area contributed by atoms with Crippen LogP contribution in [0.25, 0.3) is 0 Å². The predicted molar refractivity (Wildman–Crippen MR) is 54.7 cm³/mol. The number of hydrogen-bond donors (Lipinski definition) is 1. The number of aliphatic carboxylic acids is 1. The average molecular weight is 215 g/mol. The van der Waals surface area contributed by atoms with Crippen molar-refractivity contribution in [2.45, 2.75) is 13.8 Å². The molecule has 6 heteroatoms. The Morgan fingerprint density at radius 1 is 1.64 bits per heavy atom. The van der Waals surface area contributed by atoms with E-state index < -0.39 is 11.9 Å². The van der Waals surface area contributed by atoms with Gasteiger partial charge in [0, 0.05) is 13.6 Å². The number of anilines is 1. The first-order valence-corrected chi connectivity index (χ1v) is 5.06. The van der Waals surface area contributed by atoms with Crippen molar-refractivity contribution < 1.29 is 9.90 Å². The van der Waals surface area contributed by atoms with E-state index in [1.165, 1.54) is 11.3 Å². The van der Waals surface area contributed by atoms with Crippen LogP contribution in [0.4, 0.5) is 5.13 Å². The Morgan fingerprint density at radius 2 is 2.29 bits per heavy atom. The Morgan fingerprint density at radius 3 is 2.71 bits per heavy atom. The van der Waals surface area contributed by atoms with Crippen LogP contribution < -0.4 is 4.90 Å². The van der Waals surface area contributed by atoms with E-state index in [0.717, 1.165) is 10.1 Å². The second kappa shape index (κ2) is 4.36. The highest BCUT2D eigenvalue weighted by Crippen LogP contribution is 2.18. The van der Waals surface area contributed by atoms with Gasteiger partial charge in [-0.3, -0.25) is 4.79 Å². The van der Waals surface area contributed by atoms with Gasteiger partial charge in [0.15, 0.2) is 0 Å². The summed E-state index contributed by atoms with van der Waals surface area (Å²) >= 11 is 1.46. The van der Waals surface area contributed by atoms with Crippen LogP contribution in [0.3, 0.4) is 0 Å². The third-order valence-corrected chi connectivity index (χ3v) is 2.76. The molecular formula is C8H13N3O2S. The molecule has 0 spiro atoms. The lowest BCUT2D eigenvalue weighted by Crippen LogP contribution is -2.28. The summed E-state index contributed by atoms with van der Waals surface area (Å²) in [5.74, 6) is -1.19. The highest BCUT2D eigenvalue weighted by atomic mass is 32.1. The van der Waals surface area contributed by atoms with E-state index >= 15 is 0 Å².